The van der Waals surface area contributed by atoms with Crippen LogP contribution in [0.15, 0.2) is 76.5 Å². The molecule has 0 aliphatic heterocycles. The molecule has 4 rings (SSSR count). The van der Waals surface area contributed by atoms with Crippen LogP contribution < -0.4 is 10.2 Å². The summed E-state index contributed by atoms with van der Waals surface area (Å²) in [6, 6.07) is 19.5. The van der Waals surface area contributed by atoms with E-state index >= 15 is 0 Å². The van der Waals surface area contributed by atoms with E-state index in [1.165, 1.54) is 4.90 Å². The van der Waals surface area contributed by atoms with E-state index < -0.39 is 11.9 Å². The first-order chi connectivity index (χ1) is 15.5. The van der Waals surface area contributed by atoms with Gasteiger partial charge in [-0.2, -0.15) is 0 Å². The standard InChI is InChI=1S/C24H22N4O3S/c1-16-7-6-10-19(13-16)28(24(30)20-15-32-27-26-20)22(21-12-11-17(2)31-21)23(29)25-14-18-8-4-3-5-9-18/h3-13,15,22H,14H2,1-2H3,(H,25,29)/t22-/m0/s1. The van der Waals surface area contributed by atoms with Crippen LogP contribution in [0.5, 0.6) is 0 Å². The molecule has 2 aromatic heterocycles. The van der Waals surface area contributed by atoms with Crippen LogP contribution in [0.1, 0.15) is 39.2 Å². The van der Waals surface area contributed by atoms with Crippen molar-refractivity contribution in [1.82, 2.24) is 14.9 Å². The molecule has 0 bridgehead atoms. The average Bonchev–Trinajstić information content (AvgIpc) is 3.48. The second-order valence-electron chi connectivity index (χ2n) is 7.36. The van der Waals surface area contributed by atoms with Gasteiger partial charge in [0, 0.05) is 17.6 Å². The maximum absolute atomic E-state index is 13.5. The summed E-state index contributed by atoms with van der Waals surface area (Å²) in [4.78, 5) is 28.4. The smallest absolute Gasteiger partial charge is 0.280 e. The quantitative estimate of drug-likeness (QED) is 0.453. The molecule has 8 heteroatoms. The number of aromatic nitrogens is 2. The summed E-state index contributed by atoms with van der Waals surface area (Å²) < 4.78 is 9.64. The van der Waals surface area contributed by atoms with Gasteiger partial charge >= 0.3 is 0 Å². The van der Waals surface area contributed by atoms with E-state index in [0.29, 0.717) is 23.8 Å². The Morgan fingerprint density at radius 3 is 2.53 bits per heavy atom. The molecule has 0 saturated heterocycles. The van der Waals surface area contributed by atoms with Crippen LogP contribution in [0.3, 0.4) is 0 Å². The highest BCUT2D eigenvalue weighted by Crippen LogP contribution is 2.31. The fourth-order valence-corrected chi connectivity index (χ4v) is 3.83. The van der Waals surface area contributed by atoms with Crippen LogP contribution >= 0.6 is 11.5 Å². The number of benzene rings is 2. The molecular formula is C24H22N4O3S. The number of hydrogen-bond acceptors (Lipinski definition) is 6. The highest BCUT2D eigenvalue weighted by atomic mass is 32.1. The molecule has 4 aromatic rings. The Morgan fingerprint density at radius 2 is 1.88 bits per heavy atom. The van der Waals surface area contributed by atoms with Gasteiger partial charge in [-0.1, -0.05) is 47.0 Å². The highest BCUT2D eigenvalue weighted by molar-refractivity contribution is 7.03. The van der Waals surface area contributed by atoms with Gasteiger partial charge in [-0.15, -0.1) is 5.10 Å². The minimum atomic E-state index is -1.02. The lowest BCUT2D eigenvalue weighted by atomic mass is 10.1. The number of hydrogen-bond donors (Lipinski definition) is 1. The molecule has 2 heterocycles. The predicted octanol–water partition coefficient (Wildman–Crippen LogP) is 4.45. The summed E-state index contributed by atoms with van der Waals surface area (Å²) in [5.41, 5.74) is 2.64. The monoisotopic (exact) mass is 446 g/mol. The first-order valence-electron chi connectivity index (χ1n) is 10.1. The molecule has 0 aliphatic rings. The zero-order chi connectivity index (χ0) is 22.5. The number of anilines is 1. The van der Waals surface area contributed by atoms with E-state index in [1.54, 1.807) is 30.5 Å². The summed E-state index contributed by atoms with van der Waals surface area (Å²) in [6.45, 7) is 4.05. The van der Waals surface area contributed by atoms with Crippen molar-refractivity contribution in [2.24, 2.45) is 0 Å². The topological polar surface area (TPSA) is 88.3 Å². The normalized spacial score (nSPS) is 11.7. The Kier molecular flexibility index (Phi) is 6.42. The number of amides is 2. The number of rotatable bonds is 7. The first kappa shape index (κ1) is 21.5. The lowest BCUT2D eigenvalue weighted by molar-refractivity contribution is -0.123. The minimum Gasteiger partial charge on any atom is -0.464 e. The van der Waals surface area contributed by atoms with Gasteiger partial charge in [0.25, 0.3) is 11.8 Å². The average molecular weight is 447 g/mol. The van der Waals surface area contributed by atoms with Gasteiger partial charge in [0.05, 0.1) is 0 Å². The van der Waals surface area contributed by atoms with E-state index in [2.05, 4.69) is 14.9 Å². The zero-order valence-electron chi connectivity index (χ0n) is 17.7. The fourth-order valence-electron chi connectivity index (χ4n) is 3.40. The largest absolute Gasteiger partial charge is 0.464 e. The number of aryl methyl sites for hydroxylation is 2. The van der Waals surface area contributed by atoms with Crippen LogP contribution in [0.25, 0.3) is 0 Å². The van der Waals surface area contributed by atoms with Crippen molar-refractivity contribution in [3.05, 3.63) is 100 Å². The molecule has 0 unspecified atom stereocenters. The highest BCUT2D eigenvalue weighted by Gasteiger charge is 2.36. The van der Waals surface area contributed by atoms with Gasteiger partial charge < -0.3 is 9.73 Å². The third kappa shape index (κ3) is 4.76. The Balaban J connectivity index is 1.75. The zero-order valence-corrected chi connectivity index (χ0v) is 18.5. The number of nitrogens with zero attached hydrogens (tertiary/aromatic N) is 3. The molecule has 162 valence electrons. The summed E-state index contributed by atoms with van der Waals surface area (Å²) in [5, 5.41) is 8.45. The van der Waals surface area contributed by atoms with Crippen molar-refractivity contribution in [2.75, 3.05) is 4.90 Å². The van der Waals surface area contributed by atoms with Crippen LogP contribution in [-0.2, 0) is 11.3 Å². The number of carbonyl (C=O) groups is 2. The summed E-state index contributed by atoms with van der Waals surface area (Å²) in [7, 11) is 0. The van der Waals surface area contributed by atoms with Crippen molar-refractivity contribution in [3.8, 4) is 0 Å². The van der Waals surface area contributed by atoms with Crippen molar-refractivity contribution in [2.45, 2.75) is 26.4 Å². The van der Waals surface area contributed by atoms with Crippen LogP contribution in [0.2, 0.25) is 0 Å². The van der Waals surface area contributed by atoms with Gasteiger partial charge in [0.1, 0.15) is 11.5 Å². The van der Waals surface area contributed by atoms with Crippen molar-refractivity contribution < 1.29 is 14.0 Å². The molecular weight excluding hydrogens is 424 g/mol. The molecule has 0 spiro atoms. The number of carbonyl (C=O) groups excluding carboxylic acids is 2. The lowest BCUT2D eigenvalue weighted by Gasteiger charge is -2.29. The third-order valence-electron chi connectivity index (χ3n) is 4.92. The van der Waals surface area contributed by atoms with E-state index in [1.807, 2.05) is 55.5 Å². The molecule has 2 aromatic carbocycles. The van der Waals surface area contributed by atoms with E-state index in [-0.39, 0.29) is 11.6 Å². The molecule has 0 radical (unpaired) electrons. The number of furan rings is 1. The Labute approximate surface area is 189 Å². The molecule has 0 fully saturated rings. The second kappa shape index (κ2) is 9.57. The number of nitrogens with one attached hydrogen (secondary N) is 1. The van der Waals surface area contributed by atoms with E-state index in [0.717, 1.165) is 22.7 Å². The molecule has 2 amide bonds. The molecule has 0 saturated carbocycles. The van der Waals surface area contributed by atoms with Gasteiger partial charge in [-0.25, -0.2) is 0 Å². The van der Waals surface area contributed by atoms with Gasteiger partial charge in [0.2, 0.25) is 0 Å². The fraction of sp³-hybridized carbons (Fsp3) is 0.167. The Bertz CT molecular complexity index is 1200. The molecule has 32 heavy (non-hydrogen) atoms. The summed E-state index contributed by atoms with van der Waals surface area (Å²) >= 11 is 1.08. The SMILES string of the molecule is Cc1cccc(N(C(=O)c2csnn2)[C@H](C(=O)NCc2ccccc2)c2ccc(C)o2)c1. The van der Waals surface area contributed by atoms with Crippen LogP contribution in [0, 0.1) is 13.8 Å². The van der Waals surface area contributed by atoms with Gasteiger partial charge in [-0.05, 0) is 60.8 Å². The Hall–Kier alpha value is -3.78. The van der Waals surface area contributed by atoms with Crippen molar-refractivity contribution >= 4 is 29.0 Å². The lowest BCUT2D eigenvalue weighted by Crippen LogP contribution is -2.44. The Morgan fingerprint density at radius 1 is 1.06 bits per heavy atom. The third-order valence-corrected chi connectivity index (χ3v) is 5.43. The van der Waals surface area contributed by atoms with Crippen molar-refractivity contribution in [3.63, 3.8) is 0 Å². The summed E-state index contributed by atoms with van der Waals surface area (Å²) in [6.07, 6.45) is 0. The minimum absolute atomic E-state index is 0.167. The molecule has 0 aliphatic carbocycles. The predicted molar refractivity (Wildman–Crippen MR) is 122 cm³/mol. The van der Waals surface area contributed by atoms with E-state index in [9.17, 15) is 9.59 Å². The maximum Gasteiger partial charge on any atom is 0.280 e. The van der Waals surface area contributed by atoms with Crippen LogP contribution in [-0.4, -0.2) is 21.4 Å². The maximum atomic E-state index is 13.5. The summed E-state index contributed by atoms with van der Waals surface area (Å²) in [5.74, 6) is 0.221. The van der Waals surface area contributed by atoms with Crippen molar-refractivity contribution in [1.29, 1.82) is 0 Å². The van der Waals surface area contributed by atoms with Gasteiger partial charge in [0.15, 0.2) is 11.7 Å². The van der Waals surface area contributed by atoms with Gasteiger partial charge in [-0.3, -0.25) is 14.5 Å². The van der Waals surface area contributed by atoms with Crippen LogP contribution in [0.4, 0.5) is 5.69 Å². The van der Waals surface area contributed by atoms with E-state index in [4.69, 9.17) is 4.42 Å². The molecule has 1 atom stereocenters. The first-order valence-corrected chi connectivity index (χ1v) is 10.9. The molecule has 7 nitrogen and oxygen atoms in total. The second-order valence-corrected chi connectivity index (χ2v) is 7.97. The molecule has 1 N–H and O–H groups in total.